The van der Waals surface area contributed by atoms with Crippen molar-refractivity contribution >= 4 is 17.7 Å². The second kappa shape index (κ2) is 6.79. The number of amides is 3. The molecular weight excluding hydrogens is 358 g/mol. The number of carbonyl (C=O) groups excluding carboxylic acids is 3. The molecule has 0 saturated carbocycles. The van der Waals surface area contributed by atoms with Gasteiger partial charge in [-0.1, -0.05) is 12.1 Å². The first-order valence-electron chi connectivity index (χ1n) is 8.03. The van der Waals surface area contributed by atoms with Gasteiger partial charge in [-0.15, -0.1) is 0 Å². The lowest BCUT2D eigenvalue weighted by Crippen LogP contribution is -2.41. The van der Waals surface area contributed by atoms with E-state index in [4.69, 9.17) is 4.74 Å². The molecule has 1 fully saturated rings. The van der Waals surface area contributed by atoms with Crippen molar-refractivity contribution in [2.24, 2.45) is 0 Å². The SMILES string of the molecule is COc1ccc(C(=O)CN2C(=O)NC(C)(c3ccc(F)cc3)C2=O)cc1F. The third-order valence-electron chi connectivity index (χ3n) is 4.47. The Kier molecular flexibility index (Phi) is 4.65. The van der Waals surface area contributed by atoms with Crippen LogP contribution in [0.1, 0.15) is 22.8 Å². The van der Waals surface area contributed by atoms with Crippen molar-refractivity contribution in [3.05, 3.63) is 65.2 Å². The lowest BCUT2D eigenvalue weighted by molar-refractivity contribution is -0.130. The lowest BCUT2D eigenvalue weighted by atomic mass is 9.92. The van der Waals surface area contributed by atoms with Crippen LogP contribution in [0.25, 0.3) is 0 Å². The highest BCUT2D eigenvalue weighted by atomic mass is 19.1. The number of benzene rings is 2. The number of imide groups is 1. The molecule has 1 unspecified atom stereocenters. The Morgan fingerprint density at radius 3 is 2.41 bits per heavy atom. The predicted molar refractivity (Wildman–Crippen MR) is 91.3 cm³/mol. The van der Waals surface area contributed by atoms with Crippen molar-refractivity contribution in [3.63, 3.8) is 0 Å². The first-order chi connectivity index (χ1) is 12.8. The molecular formula is C19H16F2N2O4. The number of carbonyl (C=O) groups is 3. The van der Waals surface area contributed by atoms with E-state index in [-0.39, 0.29) is 11.3 Å². The van der Waals surface area contributed by atoms with Gasteiger partial charge in [0.15, 0.2) is 17.3 Å². The Morgan fingerprint density at radius 2 is 1.81 bits per heavy atom. The van der Waals surface area contributed by atoms with Gasteiger partial charge in [0.1, 0.15) is 11.4 Å². The minimum atomic E-state index is -1.42. The summed E-state index contributed by atoms with van der Waals surface area (Å²) >= 11 is 0. The van der Waals surface area contributed by atoms with E-state index < -0.39 is 41.4 Å². The van der Waals surface area contributed by atoms with Crippen molar-refractivity contribution in [2.45, 2.75) is 12.5 Å². The Morgan fingerprint density at radius 1 is 1.15 bits per heavy atom. The maximum absolute atomic E-state index is 13.8. The van der Waals surface area contributed by atoms with Crippen molar-refractivity contribution in [1.82, 2.24) is 10.2 Å². The molecule has 1 heterocycles. The van der Waals surface area contributed by atoms with Gasteiger partial charge in [-0.25, -0.2) is 13.6 Å². The van der Waals surface area contributed by atoms with Crippen LogP contribution in [0.2, 0.25) is 0 Å². The quantitative estimate of drug-likeness (QED) is 0.645. The summed E-state index contributed by atoms with van der Waals surface area (Å²) in [6, 6.07) is 7.99. The normalized spacial score (nSPS) is 19.2. The summed E-state index contributed by atoms with van der Waals surface area (Å²) in [7, 11) is 1.30. The third-order valence-corrected chi connectivity index (χ3v) is 4.47. The van der Waals surface area contributed by atoms with Gasteiger partial charge < -0.3 is 10.1 Å². The largest absolute Gasteiger partial charge is 0.494 e. The Bertz CT molecular complexity index is 930. The van der Waals surface area contributed by atoms with Crippen molar-refractivity contribution < 1.29 is 27.9 Å². The molecule has 140 valence electrons. The number of rotatable bonds is 5. The van der Waals surface area contributed by atoms with Gasteiger partial charge in [0.2, 0.25) is 0 Å². The van der Waals surface area contributed by atoms with E-state index in [0.717, 1.165) is 11.0 Å². The number of Topliss-reactive ketones (excluding diaryl/α,β-unsaturated/α-hetero) is 1. The van der Waals surface area contributed by atoms with E-state index in [1.807, 2.05) is 0 Å². The fourth-order valence-corrected chi connectivity index (χ4v) is 2.89. The molecule has 8 heteroatoms. The number of hydrogen-bond acceptors (Lipinski definition) is 4. The van der Waals surface area contributed by atoms with Gasteiger partial charge >= 0.3 is 6.03 Å². The molecule has 0 spiro atoms. The highest BCUT2D eigenvalue weighted by molar-refractivity contribution is 6.11. The topological polar surface area (TPSA) is 75.7 Å². The van der Waals surface area contributed by atoms with E-state index in [2.05, 4.69) is 5.32 Å². The van der Waals surface area contributed by atoms with Gasteiger partial charge in [-0.2, -0.15) is 0 Å². The molecule has 1 N–H and O–H groups in total. The van der Waals surface area contributed by atoms with Gasteiger partial charge in [-0.05, 0) is 42.8 Å². The number of ether oxygens (including phenoxy) is 1. The summed E-state index contributed by atoms with van der Waals surface area (Å²) in [6.07, 6.45) is 0. The standard InChI is InChI=1S/C19H16F2N2O4/c1-19(12-4-6-13(20)7-5-12)17(25)23(18(26)22-19)10-15(24)11-3-8-16(27-2)14(21)9-11/h3-9H,10H2,1-2H3,(H,22,26). The Balaban J connectivity index is 1.82. The summed E-state index contributed by atoms with van der Waals surface area (Å²) in [6.45, 7) is 0.922. The molecule has 0 radical (unpaired) electrons. The molecule has 2 aromatic carbocycles. The molecule has 2 aromatic rings. The minimum Gasteiger partial charge on any atom is -0.494 e. The molecule has 27 heavy (non-hydrogen) atoms. The number of halogens is 2. The van der Waals surface area contributed by atoms with Crippen LogP contribution in [-0.2, 0) is 10.3 Å². The molecule has 0 bridgehead atoms. The van der Waals surface area contributed by atoms with Crippen LogP contribution in [0.3, 0.4) is 0 Å². The Labute approximate surface area is 153 Å². The molecule has 1 saturated heterocycles. The number of nitrogens with zero attached hydrogens (tertiary/aromatic N) is 1. The van der Waals surface area contributed by atoms with Gasteiger partial charge in [0, 0.05) is 5.56 Å². The fraction of sp³-hybridized carbons (Fsp3) is 0.211. The van der Waals surface area contributed by atoms with Gasteiger partial charge in [0.05, 0.1) is 13.7 Å². The van der Waals surface area contributed by atoms with Crippen LogP contribution < -0.4 is 10.1 Å². The highest BCUT2D eigenvalue weighted by Gasteiger charge is 2.49. The zero-order valence-electron chi connectivity index (χ0n) is 14.6. The molecule has 6 nitrogen and oxygen atoms in total. The zero-order valence-corrected chi connectivity index (χ0v) is 14.6. The van der Waals surface area contributed by atoms with Crippen molar-refractivity contribution in [1.29, 1.82) is 0 Å². The second-order valence-corrected chi connectivity index (χ2v) is 6.23. The average molecular weight is 374 g/mol. The monoisotopic (exact) mass is 374 g/mol. The maximum atomic E-state index is 13.8. The first kappa shape index (κ1) is 18.5. The van der Waals surface area contributed by atoms with E-state index in [0.29, 0.717) is 5.56 Å². The van der Waals surface area contributed by atoms with Crippen LogP contribution in [-0.4, -0.2) is 36.3 Å². The van der Waals surface area contributed by atoms with E-state index in [1.165, 1.54) is 50.4 Å². The fourth-order valence-electron chi connectivity index (χ4n) is 2.89. The molecule has 3 rings (SSSR count). The van der Waals surface area contributed by atoms with E-state index >= 15 is 0 Å². The molecule has 1 aliphatic rings. The smallest absolute Gasteiger partial charge is 0.325 e. The van der Waals surface area contributed by atoms with Crippen molar-refractivity contribution in [3.8, 4) is 5.75 Å². The summed E-state index contributed by atoms with van der Waals surface area (Å²) in [4.78, 5) is 38.2. The number of ketones is 1. The molecule has 0 aromatic heterocycles. The van der Waals surface area contributed by atoms with Crippen LogP contribution >= 0.6 is 0 Å². The van der Waals surface area contributed by atoms with Gasteiger partial charge in [-0.3, -0.25) is 14.5 Å². The minimum absolute atomic E-state index is 0.00397. The highest BCUT2D eigenvalue weighted by Crippen LogP contribution is 2.29. The summed E-state index contributed by atoms with van der Waals surface area (Å²) < 4.78 is 31.7. The third kappa shape index (κ3) is 3.25. The molecule has 3 amide bonds. The number of nitrogens with one attached hydrogen (secondary N) is 1. The van der Waals surface area contributed by atoms with E-state index in [9.17, 15) is 23.2 Å². The van der Waals surface area contributed by atoms with Crippen LogP contribution in [0, 0.1) is 11.6 Å². The van der Waals surface area contributed by atoms with Crippen LogP contribution in [0.4, 0.5) is 13.6 Å². The zero-order chi connectivity index (χ0) is 19.8. The summed E-state index contributed by atoms with van der Waals surface area (Å²) in [5, 5.41) is 2.52. The number of methoxy groups -OCH3 is 1. The van der Waals surface area contributed by atoms with Gasteiger partial charge in [0.25, 0.3) is 5.91 Å². The second-order valence-electron chi connectivity index (χ2n) is 6.23. The summed E-state index contributed by atoms with van der Waals surface area (Å²) in [5.41, 5.74) is -1.03. The predicted octanol–water partition coefficient (Wildman–Crippen LogP) is 2.62. The lowest BCUT2D eigenvalue weighted by Gasteiger charge is -2.22. The Hall–Kier alpha value is -3.29. The maximum Gasteiger partial charge on any atom is 0.325 e. The number of hydrogen-bond donors (Lipinski definition) is 1. The average Bonchev–Trinajstić information content (AvgIpc) is 2.86. The molecule has 1 atom stereocenters. The first-order valence-corrected chi connectivity index (χ1v) is 8.03. The van der Waals surface area contributed by atoms with Crippen molar-refractivity contribution in [2.75, 3.05) is 13.7 Å². The molecule has 0 aliphatic carbocycles. The number of urea groups is 1. The van der Waals surface area contributed by atoms with Crippen LogP contribution in [0.5, 0.6) is 5.75 Å². The summed E-state index contributed by atoms with van der Waals surface area (Å²) in [5.74, 6) is -2.49. The van der Waals surface area contributed by atoms with Crippen LogP contribution in [0.15, 0.2) is 42.5 Å². The molecule has 1 aliphatic heterocycles. The van der Waals surface area contributed by atoms with E-state index in [1.54, 1.807) is 0 Å².